The summed E-state index contributed by atoms with van der Waals surface area (Å²) in [6.07, 6.45) is 1.98. The SMILES string of the molecule is CSCc1cc(=O)[nH]c(SCc2ccc(Cl)c(Cl)c2)n1. The number of H-pyrrole nitrogens is 1. The van der Waals surface area contributed by atoms with Gasteiger partial charge in [0.25, 0.3) is 5.56 Å². The van der Waals surface area contributed by atoms with Gasteiger partial charge in [-0.25, -0.2) is 4.98 Å². The average Bonchev–Trinajstić information content (AvgIpc) is 2.40. The van der Waals surface area contributed by atoms with Gasteiger partial charge in [-0.05, 0) is 24.0 Å². The van der Waals surface area contributed by atoms with Gasteiger partial charge in [0.1, 0.15) is 0 Å². The molecular formula is C13H12Cl2N2OS2. The third-order valence-electron chi connectivity index (χ3n) is 2.42. The number of aromatic nitrogens is 2. The summed E-state index contributed by atoms with van der Waals surface area (Å²) in [6, 6.07) is 7.02. The number of halogens is 2. The molecule has 1 heterocycles. The van der Waals surface area contributed by atoms with Crippen LogP contribution in [0.3, 0.4) is 0 Å². The average molecular weight is 347 g/mol. The van der Waals surface area contributed by atoms with Gasteiger partial charge < -0.3 is 4.98 Å². The Morgan fingerprint density at radius 2 is 2.00 bits per heavy atom. The first kappa shape index (κ1) is 15.8. The van der Waals surface area contributed by atoms with Gasteiger partial charge in [-0.15, -0.1) is 0 Å². The van der Waals surface area contributed by atoms with Crippen molar-refractivity contribution < 1.29 is 0 Å². The molecule has 0 aliphatic rings. The molecule has 7 heteroatoms. The highest BCUT2D eigenvalue weighted by molar-refractivity contribution is 7.98. The number of hydrogen-bond acceptors (Lipinski definition) is 4. The third-order valence-corrected chi connectivity index (χ3v) is 4.69. The lowest BCUT2D eigenvalue weighted by molar-refractivity contribution is 0.900. The van der Waals surface area contributed by atoms with Gasteiger partial charge in [-0.3, -0.25) is 4.79 Å². The van der Waals surface area contributed by atoms with E-state index in [-0.39, 0.29) is 5.56 Å². The van der Waals surface area contributed by atoms with Crippen molar-refractivity contribution in [1.29, 1.82) is 0 Å². The molecule has 2 aromatic rings. The zero-order chi connectivity index (χ0) is 14.5. The summed E-state index contributed by atoms with van der Waals surface area (Å²) < 4.78 is 0. The Morgan fingerprint density at radius 3 is 2.70 bits per heavy atom. The minimum absolute atomic E-state index is 0.124. The Balaban J connectivity index is 2.10. The topological polar surface area (TPSA) is 45.8 Å². The van der Waals surface area contributed by atoms with Crippen molar-refractivity contribution in [3.8, 4) is 0 Å². The number of nitrogens with zero attached hydrogens (tertiary/aromatic N) is 1. The van der Waals surface area contributed by atoms with Crippen LogP contribution < -0.4 is 5.56 Å². The number of hydrogen-bond donors (Lipinski definition) is 1. The van der Waals surface area contributed by atoms with Crippen LogP contribution in [-0.2, 0) is 11.5 Å². The molecule has 1 aromatic carbocycles. The number of rotatable bonds is 5. The summed E-state index contributed by atoms with van der Waals surface area (Å²) in [5.74, 6) is 1.40. The molecule has 0 fully saturated rings. The first-order valence-electron chi connectivity index (χ1n) is 5.74. The largest absolute Gasteiger partial charge is 0.301 e. The highest BCUT2D eigenvalue weighted by Gasteiger charge is 2.04. The van der Waals surface area contributed by atoms with Gasteiger partial charge in [0.05, 0.1) is 15.7 Å². The quantitative estimate of drug-likeness (QED) is 0.649. The Morgan fingerprint density at radius 1 is 1.20 bits per heavy atom. The molecule has 0 amide bonds. The minimum Gasteiger partial charge on any atom is -0.301 e. The van der Waals surface area contributed by atoms with E-state index in [4.69, 9.17) is 23.2 Å². The molecule has 0 bridgehead atoms. The van der Waals surface area contributed by atoms with Gasteiger partial charge in [-0.1, -0.05) is 41.0 Å². The lowest BCUT2D eigenvalue weighted by Gasteiger charge is -2.04. The number of benzene rings is 1. The smallest absolute Gasteiger partial charge is 0.251 e. The second-order valence-corrected chi connectivity index (χ2v) is 6.66. The van der Waals surface area contributed by atoms with Crippen LogP contribution in [-0.4, -0.2) is 16.2 Å². The molecule has 2 rings (SSSR count). The molecule has 20 heavy (non-hydrogen) atoms. The zero-order valence-corrected chi connectivity index (χ0v) is 13.8. The maximum Gasteiger partial charge on any atom is 0.251 e. The van der Waals surface area contributed by atoms with Crippen molar-refractivity contribution in [3.63, 3.8) is 0 Å². The van der Waals surface area contributed by atoms with E-state index in [9.17, 15) is 4.79 Å². The van der Waals surface area contributed by atoms with Gasteiger partial charge in [0.15, 0.2) is 5.16 Å². The fourth-order valence-electron chi connectivity index (χ4n) is 1.55. The summed E-state index contributed by atoms with van der Waals surface area (Å²) in [5, 5.41) is 1.68. The molecule has 3 nitrogen and oxygen atoms in total. The minimum atomic E-state index is -0.124. The zero-order valence-electron chi connectivity index (χ0n) is 10.7. The number of nitrogens with one attached hydrogen (secondary N) is 1. The predicted octanol–water partition coefficient (Wildman–Crippen LogP) is 4.23. The van der Waals surface area contributed by atoms with Crippen molar-refractivity contribution in [1.82, 2.24) is 9.97 Å². The van der Waals surface area contributed by atoms with E-state index >= 15 is 0 Å². The Kier molecular flexibility index (Phi) is 5.84. The summed E-state index contributed by atoms with van der Waals surface area (Å²) in [5.41, 5.74) is 1.70. The lowest BCUT2D eigenvalue weighted by Crippen LogP contribution is -2.09. The van der Waals surface area contributed by atoms with E-state index in [1.807, 2.05) is 18.4 Å². The number of thioether (sulfide) groups is 2. The molecule has 106 valence electrons. The van der Waals surface area contributed by atoms with Crippen molar-refractivity contribution in [2.24, 2.45) is 0 Å². The maximum absolute atomic E-state index is 11.5. The van der Waals surface area contributed by atoms with E-state index in [1.54, 1.807) is 17.8 Å². The van der Waals surface area contributed by atoms with E-state index in [2.05, 4.69) is 9.97 Å². The summed E-state index contributed by atoms with van der Waals surface area (Å²) >= 11 is 14.9. The first-order valence-corrected chi connectivity index (χ1v) is 8.88. The van der Waals surface area contributed by atoms with Gasteiger partial charge in [0.2, 0.25) is 0 Å². The molecule has 0 saturated heterocycles. The monoisotopic (exact) mass is 346 g/mol. The molecule has 0 aliphatic heterocycles. The molecule has 0 saturated carbocycles. The van der Waals surface area contributed by atoms with Crippen LogP contribution in [0.1, 0.15) is 11.3 Å². The molecule has 1 aromatic heterocycles. The van der Waals surface area contributed by atoms with Crippen LogP contribution in [0.15, 0.2) is 34.2 Å². The van der Waals surface area contributed by atoms with Crippen LogP contribution in [0, 0.1) is 0 Å². The fraction of sp³-hybridized carbons (Fsp3) is 0.231. The number of aromatic amines is 1. The Labute approximate surface area is 135 Å². The third kappa shape index (κ3) is 4.45. The van der Waals surface area contributed by atoms with E-state index in [0.29, 0.717) is 21.0 Å². The van der Waals surface area contributed by atoms with Crippen molar-refractivity contribution >= 4 is 46.7 Å². The van der Waals surface area contributed by atoms with Crippen LogP contribution in [0.4, 0.5) is 0 Å². The van der Waals surface area contributed by atoms with Gasteiger partial charge in [0, 0.05) is 17.6 Å². The van der Waals surface area contributed by atoms with Gasteiger partial charge in [-0.2, -0.15) is 11.8 Å². The molecule has 1 N–H and O–H groups in total. The highest BCUT2D eigenvalue weighted by Crippen LogP contribution is 2.26. The van der Waals surface area contributed by atoms with Crippen LogP contribution >= 0.6 is 46.7 Å². The summed E-state index contributed by atoms with van der Waals surface area (Å²) in [6.45, 7) is 0. The van der Waals surface area contributed by atoms with Crippen LogP contribution in [0.25, 0.3) is 0 Å². The second-order valence-electron chi connectivity index (χ2n) is 4.01. The fourth-order valence-corrected chi connectivity index (χ4v) is 3.16. The van der Waals surface area contributed by atoms with Gasteiger partial charge >= 0.3 is 0 Å². The second kappa shape index (κ2) is 7.41. The first-order chi connectivity index (χ1) is 9.58. The molecule has 0 aliphatic carbocycles. The Bertz CT molecular complexity index is 661. The molecule has 0 atom stereocenters. The normalized spacial score (nSPS) is 10.8. The lowest BCUT2D eigenvalue weighted by atomic mass is 10.2. The van der Waals surface area contributed by atoms with Crippen molar-refractivity contribution in [2.45, 2.75) is 16.7 Å². The summed E-state index contributed by atoms with van der Waals surface area (Å²) in [4.78, 5) is 18.7. The van der Waals surface area contributed by atoms with E-state index < -0.39 is 0 Å². The molecule has 0 spiro atoms. The van der Waals surface area contributed by atoms with E-state index in [0.717, 1.165) is 17.0 Å². The van der Waals surface area contributed by atoms with Crippen molar-refractivity contribution in [3.05, 3.63) is 55.9 Å². The maximum atomic E-state index is 11.5. The summed E-state index contributed by atoms with van der Waals surface area (Å²) in [7, 11) is 0. The Hall–Kier alpha value is -0.620. The van der Waals surface area contributed by atoms with Crippen LogP contribution in [0.5, 0.6) is 0 Å². The standard InChI is InChI=1S/C13H12Cl2N2OS2/c1-19-7-9-5-12(18)17-13(16-9)20-6-8-2-3-10(14)11(15)4-8/h2-5H,6-7H2,1H3,(H,16,17,18). The molecule has 0 radical (unpaired) electrons. The molecule has 0 unspecified atom stereocenters. The predicted molar refractivity (Wildman–Crippen MR) is 88.1 cm³/mol. The molecular weight excluding hydrogens is 335 g/mol. The van der Waals surface area contributed by atoms with E-state index in [1.165, 1.54) is 17.8 Å². The van der Waals surface area contributed by atoms with Crippen LogP contribution in [0.2, 0.25) is 10.0 Å². The van der Waals surface area contributed by atoms with Crippen molar-refractivity contribution in [2.75, 3.05) is 6.26 Å². The highest BCUT2D eigenvalue weighted by atomic mass is 35.5.